The number of ketones is 1. The van der Waals surface area contributed by atoms with Crippen molar-refractivity contribution in [3.63, 3.8) is 0 Å². The zero-order valence-electron chi connectivity index (χ0n) is 11.6. The molecule has 0 amide bonds. The lowest BCUT2D eigenvalue weighted by Crippen LogP contribution is -2.21. The molecule has 2 aromatic carbocycles. The lowest BCUT2D eigenvalue weighted by atomic mass is 9.91. The Kier molecular flexibility index (Phi) is 4.91. The van der Waals surface area contributed by atoms with E-state index in [9.17, 15) is 4.79 Å². The molecule has 0 aliphatic heterocycles. The Bertz CT molecular complexity index is 566. The van der Waals surface area contributed by atoms with Gasteiger partial charge in [0.25, 0.3) is 0 Å². The van der Waals surface area contributed by atoms with Gasteiger partial charge in [0.2, 0.25) is 0 Å². The molecule has 2 aromatic rings. The fourth-order valence-electron chi connectivity index (χ4n) is 2.19. The normalized spacial score (nSPS) is 11.9. The van der Waals surface area contributed by atoms with Crippen LogP contribution in [-0.4, -0.2) is 18.9 Å². The number of benzene rings is 2. The quantitative estimate of drug-likeness (QED) is 0.820. The van der Waals surface area contributed by atoms with E-state index in [1.165, 1.54) is 0 Å². The van der Waals surface area contributed by atoms with Crippen molar-refractivity contribution in [2.75, 3.05) is 13.2 Å². The average Bonchev–Trinajstić information content (AvgIpc) is 2.50. The summed E-state index contributed by atoms with van der Waals surface area (Å²) in [5.74, 6) is 0.426. The zero-order valence-corrected chi connectivity index (χ0v) is 11.6. The number of nitrogens with two attached hydrogens (primary N) is 1. The number of rotatable bonds is 6. The van der Waals surface area contributed by atoms with E-state index in [1.54, 1.807) is 12.1 Å². The van der Waals surface area contributed by atoms with Gasteiger partial charge in [-0.3, -0.25) is 4.79 Å². The van der Waals surface area contributed by atoms with Crippen LogP contribution in [0.5, 0.6) is 5.75 Å². The first-order valence-electron chi connectivity index (χ1n) is 6.78. The Morgan fingerprint density at radius 2 is 1.90 bits per heavy atom. The molecular formula is C17H19NO2. The van der Waals surface area contributed by atoms with Gasteiger partial charge in [0.05, 0.1) is 12.5 Å². The van der Waals surface area contributed by atoms with Crippen molar-refractivity contribution in [3.05, 3.63) is 65.7 Å². The number of hydrogen-bond donors (Lipinski definition) is 1. The van der Waals surface area contributed by atoms with Crippen molar-refractivity contribution >= 4 is 5.78 Å². The molecule has 0 saturated carbocycles. The fraction of sp³-hybridized carbons (Fsp3) is 0.235. The molecule has 3 heteroatoms. The topological polar surface area (TPSA) is 52.3 Å². The fourth-order valence-corrected chi connectivity index (χ4v) is 2.19. The number of carbonyl (C=O) groups is 1. The first kappa shape index (κ1) is 14.3. The molecule has 1 unspecified atom stereocenters. The second-order valence-electron chi connectivity index (χ2n) is 4.52. The van der Waals surface area contributed by atoms with E-state index in [-0.39, 0.29) is 11.7 Å². The molecule has 0 saturated heterocycles. The molecule has 0 bridgehead atoms. The summed E-state index contributed by atoms with van der Waals surface area (Å²) in [6.07, 6.45) is 0. The number of carbonyl (C=O) groups excluding carboxylic acids is 1. The van der Waals surface area contributed by atoms with E-state index in [0.29, 0.717) is 24.5 Å². The monoisotopic (exact) mass is 269 g/mol. The van der Waals surface area contributed by atoms with Crippen molar-refractivity contribution < 1.29 is 9.53 Å². The molecule has 0 radical (unpaired) electrons. The highest BCUT2D eigenvalue weighted by Gasteiger charge is 2.20. The summed E-state index contributed by atoms with van der Waals surface area (Å²) in [6.45, 7) is 2.79. The predicted molar refractivity (Wildman–Crippen MR) is 80.2 cm³/mol. The first-order chi connectivity index (χ1) is 9.76. The van der Waals surface area contributed by atoms with E-state index >= 15 is 0 Å². The van der Waals surface area contributed by atoms with Crippen LogP contribution in [0, 0.1) is 0 Å². The van der Waals surface area contributed by atoms with Gasteiger partial charge >= 0.3 is 0 Å². The molecule has 104 valence electrons. The van der Waals surface area contributed by atoms with Crippen LogP contribution in [0.15, 0.2) is 54.6 Å². The van der Waals surface area contributed by atoms with Crippen LogP contribution in [0.3, 0.4) is 0 Å². The highest BCUT2D eigenvalue weighted by atomic mass is 16.5. The number of Topliss-reactive ketones (excluding diaryl/α,β-unsaturated/α-hetero) is 1. The summed E-state index contributed by atoms with van der Waals surface area (Å²) in [4.78, 5) is 12.6. The minimum Gasteiger partial charge on any atom is -0.494 e. The lowest BCUT2D eigenvalue weighted by molar-refractivity contribution is 0.0962. The molecule has 0 aliphatic rings. The van der Waals surface area contributed by atoms with Gasteiger partial charge in [0, 0.05) is 12.1 Å². The van der Waals surface area contributed by atoms with Crippen LogP contribution in [-0.2, 0) is 0 Å². The van der Waals surface area contributed by atoms with Crippen molar-refractivity contribution in [2.45, 2.75) is 12.8 Å². The van der Waals surface area contributed by atoms with E-state index < -0.39 is 0 Å². The number of hydrogen-bond acceptors (Lipinski definition) is 3. The Hall–Kier alpha value is -2.13. The van der Waals surface area contributed by atoms with Gasteiger partial charge in [0.15, 0.2) is 5.78 Å². The summed E-state index contributed by atoms with van der Waals surface area (Å²) in [5, 5.41) is 0. The Balaban J connectivity index is 2.27. The largest absolute Gasteiger partial charge is 0.494 e. The molecule has 0 heterocycles. The predicted octanol–water partition coefficient (Wildman–Crippen LogP) is 3.01. The van der Waals surface area contributed by atoms with Crippen LogP contribution in [0.1, 0.15) is 28.8 Å². The van der Waals surface area contributed by atoms with Crippen LogP contribution >= 0.6 is 0 Å². The third kappa shape index (κ3) is 3.25. The van der Waals surface area contributed by atoms with Gasteiger partial charge in [0.1, 0.15) is 5.75 Å². The number of ether oxygens (including phenoxy) is 1. The third-order valence-electron chi connectivity index (χ3n) is 3.18. The summed E-state index contributed by atoms with van der Waals surface area (Å²) < 4.78 is 5.43. The SMILES string of the molecule is CCOc1cccc(C(=O)C(CN)c2ccccc2)c1. The molecule has 0 aromatic heterocycles. The summed E-state index contributed by atoms with van der Waals surface area (Å²) in [5.41, 5.74) is 7.37. The van der Waals surface area contributed by atoms with Gasteiger partial charge in [-0.25, -0.2) is 0 Å². The second-order valence-corrected chi connectivity index (χ2v) is 4.52. The maximum absolute atomic E-state index is 12.6. The Morgan fingerprint density at radius 3 is 2.55 bits per heavy atom. The van der Waals surface area contributed by atoms with Crippen molar-refractivity contribution in [1.82, 2.24) is 0 Å². The maximum Gasteiger partial charge on any atom is 0.171 e. The second kappa shape index (κ2) is 6.87. The molecule has 2 rings (SSSR count). The first-order valence-corrected chi connectivity index (χ1v) is 6.78. The van der Waals surface area contributed by atoms with Crippen molar-refractivity contribution in [2.24, 2.45) is 5.73 Å². The Labute approximate surface area is 119 Å². The van der Waals surface area contributed by atoms with Gasteiger partial charge in [-0.05, 0) is 24.6 Å². The van der Waals surface area contributed by atoms with Crippen LogP contribution in [0.4, 0.5) is 0 Å². The molecule has 1 atom stereocenters. The van der Waals surface area contributed by atoms with Crippen LogP contribution < -0.4 is 10.5 Å². The van der Waals surface area contributed by atoms with Gasteiger partial charge in [-0.15, -0.1) is 0 Å². The highest BCUT2D eigenvalue weighted by Crippen LogP contribution is 2.22. The lowest BCUT2D eigenvalue weighted by Gasteiger charge is -2.14. The van der Waals surface area contributed by atoms with E-state index in [2.05, 4.69) is 0 Å². The summed E-state index contributed by atoms with van der Waals surface area (Å²) in [6, 6.07) is 16.9. The molecule has 20 heavy (non-hydrogen) atoms. The molecule has 3 nitrogen and oxygen atoms in total. The highest BCUT2D eigenvalue weighted by molar-refractivity contribution is 6.01. The standard InChI is InChI=1S/C17H19NO2/c1-2-20-15-10-6-9-14(11-15)17(19)16(12-18)13-7-4-3-5-8-13/h3-11,16H,2,12,18H2,1H3. The minimum absolute atomic E-state index is 0.0280. The minimum atomic E-state index is -0.312. The summed E-state index contributed by atoms with van der Waals surface area (Å²) >= 11 is 0. The average molecular weight is 269 g/mol. The van der Waals surface area contributed by atoms with E-state index in [4.69, 9.17) is 10.5 Å². The van der Waals surface area contributed by atoms with Crippen molar-refractivity contribution in [3.8, 4) is 5.75 Å². The zero-order chi connectivity index (χ0) is 14.4. The van der Waals surface area contributed by atoms with Gasteiger partial charge in [-0.2, -0.15) is 0 Å². The Morgan fingerprint density at radius 1 is 1.15 bits per heavy atom. The maximum atomic E-state index is 12.6. The third-order valence-corrected chi connectivity index (χ3v) is 3.18. The molecule has 0 fully saturated rings. The van der Waals surface area contributed by atoms with E-state index in [1.807, 2.05) is 49.4 Å². The van der Waals surface area contributed by atoms with Crippen molar-refractivity contribution in [1.29, 1.82) is 0 Å². The molecule has 0 spiro atoms. The molecule has 0 aliphatic carbocycles. The van der Waals surface area contributed by atoms with Crippen LogP contribution in [0.25, 0.3) is 0 Å². The molecular weight excluding hydrogens is 250 g/mol. The van der Waals surface area contributed by atoms with Crippen LogP contribution in [0.2, 0.25) is 0 Å². The molecule has 2 N–H and O–H groups in total. The smallest absolute Gasteiger partial charge is 0.171 e. The summed E-state index contributed by atoms with van der Waals surface area (Å²) in [7, 11) is 0. The van der Waals surface area contributed by atoms with E-state index in [0.717, 1.165) is 5.56 Å². The van der Waals surface area contributed by atoms with Gasteiger partial charge < -0.3 is 10.5 Å². The van der Waals surface area contributed by atoms with Gasteiger partial charge in [-0.1, -0.05) is 42.5 Å².